The van der Waals surface area contributed by atoms with Gasteiger partial charge in [0.2, 0.25) is 0 Å². The fourth-order valence-corrected chi connectivity index (χ4v) is 4.12. The van der Waals surface area contributed by atoms with Crippen LogP contribution in [0.15, 0.2) is 10.5 Å². The lowest BCUT2D eigenvalue weighted by Crippen LogP contribution is -2.52. The molecule has 2 atom stereocenters. The lowest BCUT2D eigenvalue weighted by atomic mass is 9.84. The molecule has 3 rings (SSSR count). The highest BCUT2D eigenvalue weighted by Crippen LogP contribution is 2.30. The molecule has 0 bridgehead atoms. The van der Waals surface area contributed by atoms with E-state index in [1.54, 1.807) is 0 Å². The van der Waals surface area contributed by atoms with Gasteiger partial charge in [0.15, 0.2) is 0 Å². The molecule has 3 heterocycles. The van der Waals surface area contributed by atoms with Gasteiger partial charge in [0.1, 0.15) is 11.5 Å². The van der Waals surface area contributed by atoms with Crippen LogP contribution < -0.4 is 5.32 Å². The van der Waals surface area contributed by atoms with Gasteiger partial charge in [-0.3, -0.25) is 4.90 Å². The number of piperidine rings is 2. The summed E-state index contributed by atoms with van der Waals surface area (Å²) in [6.07, 6.45) is 4.09. The van der Waals surface area contributed by atoms with Gasteiger partial charge in [0.05, 0.1) is 6.54 Å². The molecular formula is C17H29N3O. The number of fused-ring (bicyclic) bond motifs is 1. The van der Waals surface area contributed by atoms with E-state index >= 15 is 0 Å². The first kappa shape index (κ1) is 15.1. The normalized spacial score (nSPS) is 27.8. The van der Waals surface area contributed by atoms with E-state index in [9.17, 15) is 0 Å². The number of furan rings is 1. The van der Waals surface area contributed by atoms with Crippen molar-refractivity contribution in [3.8, 4) is 0 Å². The summed E-state index contributed by atoms with van der Waals surface area (Å²) in [5, 5.41) is 3.16. The maximum absolute atomic E-state index is 5.82. The number of hydrogen-bond acceptors (Lipinski definition) is 4. The quantitative estimate of drug-likeness (QED) is 0.922. The van der Waals surface area contributed by atoms with Gasteiger partial charge in [-0.15, -0.1) is 0 Å². The third kappa shape index (κ3) is 3.33. The van der Waals surface area contributed by atoms with Gasteiger partial charge in [0.25, 0.3) is 0 Å². The van der Waals surface area contributed by atoms with Crippen LogP contribution in [-0.4, -0.2) is 49.6 Å². The summed E-state index contributed by atoms with van der Waals surface area (Å²) >= 11 is 0. The Morgan fingerprint density at radius 3 is 3.00 bits per heavy atom. The number of hydrogen-bond donors (Lipinski definition) is 1. The van der Waals surface area contributed by atoms with Crippen LogP contribution >= 0.6 is 0 Å². The van der Waals surface area contributed by atoms with Crippen LogP contribution in [0.3, 0.4) is 0 Å². The molecule has 2 saturated heterocycles. The van der Waals surface area contributed by atoms with E-state index in [1.165, 1.54) is 44.5 Å². The molecule has 0 amide bonds. The zero-order valence-electron chi connectivity index (χ0n) is 13.7. The number of nitrogens with one attached hydrogen (secondary N) is 1. The van der Waals surface area contributed by atoms with Crippen molar-refractivity contribution in [2.75, 3.05) is 33.7 Å². The highest BCUT2D eigenvalue weighted by atomic mass is 16.3. The average Bonchev–Trinajstić information content (AvgIpc) is 2.79. The molecule has 1 aromatic rings. The van der Waals surface area contributed by atoms with E-state index in [2.05, 4.69) is 35.2 Å². The Kier molecular flexibility index (Phi) is 4.67. The van der Waals surface area contributed by atoms with Crippen LogP contribution in [0.5, 0.6) is 0 Å². The van der Waals surface area contributed by atoms with Gasteiger partial charge in [-0.25, -0.2) is 0 Å². The zero-order valence-corrected chi connectivity index (χ0v) is 13.7. The number of rotatable bonds is 4. The van der Waals surface area contributed by atoms with Crippen LogP contribution in [0.4, 0.5) is 0 Å². The van der Waals surface area contributed by atoms with Crippen molar-refractivity contribution in [3.05, 3.63) is 23.2 Å². The summed E-state index contributed by atoms with van der Waals surface area (Å²) in [4.78, 5) is 5.21. The van der Waals surface area contributed by atoms with Gasteiger partial charge in [-0.1, -0.05) is 0 Å². The summed E-state index contributed by atoms with van der Waals surface area (Å²) in [7, 11) is 4.26. The Bertz CT molecular complexity index is 471. The van der Waals surface area contributed by atoms with Gasteiger partial charge in [-0.05, 0) is 65.4 Å². The van der Waals surface area contributed by atoms with Crippen molar-refractivity contribution in [1.82, 2.24) is 15.1 Å². The van der Waals surface area contributed by atoms with Crippen LogP contribution in [-0.2, 0) is 13.1 Å². The number of aryl methyl sites for hydroxylation is 1. The lowest BCUT2D eigenvalue weighted by Gasteiger charge is -2.46. The highest BCUT2D eigenvalue weighted by molar-refractivity contribution is 5.21. The van der Waals surface area contributed by atoms with Crippen LogP contribution in [0.25, 0.3) is 0 Å². The van der Waals surface area contributed by atoms with Crippen LogP contribution in [0, 0.1) is 12.8 Å². The third-order valence-electron chi connectivity index (χ3n) is 5.25. The molecular weight excluding hydrogens is 262 g/mol. The van der Waals surface area contributed by atoms with Crippen molar-refractivity contribution >= 4 is 0 Å². The molecule has 4 heteroatoms. The summed E-state index contributed by atoms with van der Waals surface area (Å²) in [5.41, 5.74) is 1.36. The first-order chi connectivity index (χ1) is 10.2. The smallest absolute Gasteiger partial charge is 0.118 e. The minimum Gasteiger partial charge on any atom is -0.465 e. The Morgan fingerprint density at radius 1 is 1.33 bits per heavy atom. The second-order valence-electron chi connectivity index (χ2n) is 6.80. The molecule has 0 aliphatic carbocycles. The first-order valence-electron chi connectivity index (χ1n) is 8.32. The Morgan fingerprint density at radius 2 is 2.19 bits per heavy atom. The molecule has 0 saturated carbocycles. The fourth-order valence-electron chi connectivity index (χ4n) is 4.12. The van der Waals surface area contributed by atoms with E-state index in [-0.39, 0.29) is 0 Å². The fraction of sp³-hybridized carbons (Fsp3) is 0.765. The Balaban J connectivity index is 1.61. The zero-order chi connectivity index (χ0) is 14.8. The maximum Gasteiger partial charge on any atom is 0.118 e. The minimum absolute atomic E-state index is 0.816. The second kappa shape index (κ2) is 6.51. The molecule has 0 aromatic carbocycles. The topological polar surface area (TPSA) is 31.6 Å². The maximum atomic E-state index is 5.82. The molecule has 21 heavy (non-hydrogen) atoms. The lowest BCUT2D eigenvalue weighted by molar-refractivity contribution is 0.0353. The molecule has 1 N–H and O–H groups in total. The van der Waals surface area contributed by atoms with E-state index < -0.39 is 0 Å². The summed E-state index contributed by atoms with van der Waals surface area (Å²) in [6.45, 7) is 7.71. The van der Waals surface area contributed by atoms with E-state index in [4.69, 9.17) is 4.42 Å². The first-order valence-corrected chi connectivity index (χ1v) is 8.32. The largest absolute Gasteiger partial charge is 0.465 e. The van der Waals surface area contributed by atoms with Crippen molar-refractivity contribution < 1.29 is 4.42 Å². The van der Waals surface area contributed by atoms with Crippen molar-refractivity contribution in [1.29, 1.82) is 0 Å². The number of nitrogens with zero attached hydrogens (tertiary/aromatic N) is 2. The summed E-state index contributed by atoms with van der Waals surface area (Å²) < 4.78 is 5.82. The molecule has 0 radical (unpaired) electrons. The number of likely N-dealkylation sites (tertiary alicyclic amines) is 2. The third-order valence-corrected chi connectivity index (χ3v) is 5.25. The van der Waals surface area contributed by atoms with Crippen LogP contribution in [0.1, 0.15) is 36.3 Å². The van der Waals surface area contributed by atoms with Crippen molar-refractivity contribution in [2.24, 2.45) is 5.92 Å². The molecule has 1 aromatic heterocycles. The van der Waals surface area contributed by atoms with Gasteiger partial charge in [-0.2, -0.15) is 0 Å². The molecule has 118 valence electrons. The molecule has 2 aliphatic heterocycles. The SMILES string of the molecule is CNCc1cc(CN2CCC3C(CCCN3C)C2)c(C)o1. The van der Waals surface area contributed by atoms with Crippen LogP contribution in [0.2, 0.25) is 0 Å². The highest BCUT2D eigenvalue weighted by Gasteiger charge is 2.34. The summed E-state index contributed by atoms with van der Waals surface area (Å²) in [5.74, 6) is 3.00. The van der Waals surface area contributed by atoms with E-state index in [0.717, 1.165) is 36.6 Å². The average molecular weight is 291 g/mol. The molecule has 0 spiro atoms. The minimum atomic E-state index is 0.816. The summed E-state index contributed by atoms with van der Waals surface area (Å²) in [6, 6.07) is 3.05. The Hall–Kier alpha value is -0.840. The molecule has 4 nitrogen and oxygen atoms in total. The van der Waals surface area contributed by atoms with E-state index in [0.29, 0.717) is 0 Å². The van der Waals surface area contributed by atoms with E-state index in [1.807, 2.05) is 7.05 Å². The predicted octanol–water partition coefficient (Wildman–Crippen LogP) is 2.22. The second-order valence-corrected chi connectivity index (χ2v) is 6.80. The molecule has 2 aliphatic rings. The monoisotopic (exact) mass is 291 g/mol. The van der Waals surface area contributed by atoms with Crippen molar-refractivity contribution in [3.63, 3.8) is 0 Å². The predicted molar refractivity (Wildman–Crippen MR) is 85.2 cm³/mol. The van der Waals surface area contributed by atoms with Gasteiger partial charge >= 0.3 is 0 Å². The standard InChI is InChI=1S/C17H29N3O/c1-13-15(9-16(21-13)10-18-2)12-20-8-6-17-14(11-20)5-4-7-19(17)3/h9,14,17-18H,4-8,10-12H2,1-3H3. The Labute approximate surface area is 128 Å². The van der Waals surface area contributed by atoms with Gasteiger partial charge in [0, 0.05) is 24.7 Å². The van der Waals surface area contributed by atoms with Gasteiger partial charge < -0.3 is 14.6 Å². The molecule has 2 fully saturated rings. The van der Waals surface area contributed by atoms with Crippen molar-refractivity contribution in [2.45, 2.75) is 45.3 Å². The molecule has 2 unspecified atom stereocenters.